The Bertz CT molecular complexity index is 495. The van der Waals surface area contributed by atoms with E-state index in [2.05, 4.69) is 15.3 Å². The van der Waals surface area contributed by atoms with Crippen molar-refractivity contribution in [2.45, 2.75) is 53.0 Å². The predicted octanol–water partition coefficient (Wildman–Crippen LogP) is 2.03. The number of ether oxygens (including phenoxy) is 1. The zero-order chi connectivity index (χ0) is 15.5. The van der Waals surface area contributed by atoms with Gasteiger partial charge in [0.1, 0.15) is 23.5 Å². The molecule has 0 spiro atoms. The molecule has 20 heavy (non-hydrogen) atoms. The van der Waals surface area contributed by atoms with Crippen LogP contribution in [-0.4, -0.2) is 28.6 Å². The molecule has 0 aliphatic rings. The fourth-order valence-corrected chi connectivity index (χ4v) is 1.54. The molecule has 0 aliphatic carbocycles. The Morgan fingerprint density at radius 2 is 2.00 bits per heavy atom. The highest BCUT2D eigenvalue weighted by Gasteiger charge is 2.22. The van der Waals surface area contributed by atoms with Gasteiger partial charge < -0.3 is 15.8 Å². The molecule has 1 aromatic rings. The minimum absolute atomic E-state index is 0.217. The maximum Gasteiger partial charge on any atom is 0.328 e. The van der Waals surface area contributed by atoms with Gasteiger partial charge in [0.15, 0.2) is 0 Å². The monoisotopic (exact) mass is 280 g/mol. The van der Waals surface area contributed by atoms with Crippen LogP contribution < -0.4 is 11.1 Å². The number of carbonyl (C=O) groups is 1. The van der Waals surface area contributed by atoms with Gasteiger partial charge in [-0.1, -0.05) is 20.8 Å². The van der Waals surface area contributed by atoms with E-state index < -0.39 is 6.04 Å². The highest BCUT2D eigenvalue weighted by atomic mass is 16.5. The Morgan fingerprint density at radius 3 is 2.50 bits per heavy atom. The van der Waals surface area contributed by atoms with Crippen molar-refractivity contribution in [3.05, 3.63) is 11.4 Å². The van der Waals surface area contributed by atoms with Crippen molar-refractivity contribution in [3.63, 3.8) is 0 Å². The summed E-state index contributed by atoms with van der Waals surface area (Å²) in [5.41, 5.74) is 6.44. The minimum Gasteiger partial charge on any atom is -0.464 e. The molecule has 0 aliphatic heterocycles. The van der Waals surface area contributed by atoms with Crippen molar-refractivity contribution in [3.8, 4) is 0 Å². The normalized spacial score (nSPS) is 12.9. The first-order chi connectivity index (χ1) is 9.16. The average Bonchev–Trinajstić information content (AvgIpc) is 2.33. The van der Waals surface area contributed by atoms with E-state index in [9.17, 15) is 4.79 Å². The maximum atomic E-state index is 11.7. The summed E-state index contributed by atoms with van der Waals surface area (Å²) >= 11 is 0. The number of anilines is 2. The smallest absolute Gasteiger partial charge is 0.328 e. The molecule has 112 valence electrons. The lowest BCUT2D eigenvalue weighted by Crippen LogP contribution is -2.30. The molecule has 1 heterocycles. The van der Waals surface area contributed by atoms with Crippen molar-refractivity contribution in [2.75, 3.05) is 17.7 Å². The van der Waals surface area contributed by atoms with Crippen LogP contribution >= 0.6 is 0 Å². The highest BCUT2D eigenvalue weighted by molar-refractivity contribution is 5.79. The molecule has 0 saturated carbocycles. The zero-order valence-corrected chi connectivity index (χ0v) is 13.1. The molecular formula is C14H24N4O2. The van der Waals surface area contributed by atoms with Crippen LogP contribution in [0.15, 0.2) is 0 Å². The minimum atomic E-state index is -0.490. The van der Waals surface area contributed by atoms with Crippen molar-refractivity contribution < 1.29 is 9.53 Å². The summed E-state index contributed by atoms with van der Waals surface area (Å²) in [6.45, 7) is 11.7. The maximum absolute atomic E-state index is 11.7. The first kappa shape index (κ1) is 16.2. The third-order valence-electron chi connectivity index (χ3n) is 2.85. The SMILES string of the molecule is CCOC(=O)C(C)Nc1nc(C(C)(C)C)nc(N)c1C. The van der Waals surface area contributed by atoms with Gasteiger partial charge in [0.05, 0.1) is 6.61 Å². The highest BCUT2D eigenvalue weighted by Crippen LogP contribution is 2.25. The van der Waals surface area contributed by atoms with Gasteiger partial charge in [-0.3, -0.25) is 0 Å². The number of nitrogen functional groups attached to an aromatic ring is 1. The fraction of sp³-hybridized carbons (Fsp3) is 0.643. The van der Waals surface area contributed by atoms with Gasteiger partial charge in [0, 0.05) is 11.0 Å². The Kier molecular flexibility index (Phi) is 4.92. The fourth-order valence-electron chi connectivity index (χ4n) is 1.54. The molecule has 6 nitrogen and oxygen atoms in total. The Hall–Kier alpha value is -1.85. The number of aromatic nitrogens is 2. The van der Waals surface area contributed by atoms with E-state index in [1.807, 2.05) is 27.7 Å². The van der Waals surface area contributed by atoms with Gasteiger partial charge in [0.25, 0.3) is 0 Å². The Balaban J connectivity index is 3.06. The van der Waals surface area contributed by atoms with Crippen molar-refractivity contribution in [2.24, 2.45) is 0 Å². The first-order valence-electron chi connectivity index (χ1n) is 6.74. The molecule has 6 heteroatoms. The van der Waals surface area contributed by atoms with E-state index >= 15 is 0 Å². The lowest BCUT2D eigenvalue weighted by molar-refractivity contribution is -0.143. The lowest BCUT2D eigenvalue weighted by atomic mass is 9.95. The van der Waals surface area contributed by atoms with Gasteiger partial charge in [-0.25, -0.2) is 14.8 Å². The summed E-state index contributed by atoms with van der Waals surface area (Å²) < 4.78 is 4.97. The quantitative estimate of drug-likeness (QED) is 0.820. The summed E-state index contributed by atoms with van der Waals surface area (Å²) in [5.74, 6) is 1.31. The van der Waals surface area contributed by atoms with Crippen molar-refractivity contribution in [1.82, 2.24) is 9.97 Å². The van der Waals surface area contributed by atoms with Crippen LogP contribution in [0, 0.1) is 6.92 Å². The zero-order valence-electron chi connectivity index (χ0n) is 13.1. The second-order valence-corrected chi connectivity index (χ2v) is 5.77. The van der Waals surface area contributed by atoms with Crippen LogP contribution in [0.3, 0.4) is 0 Å². The topological polar surface area (TPSA) is 90.1 Å². The van der Waals surface area contributed by atoms with Gasteiger partial charge in [-0.15, -0.1) is 0 Å². The van der Waals surface area contributed by atoms with Crippen LogP contribution in [0.5, 0.6) is 0 Å². The second-order valence-electron chi connectivity index (χ2n) is 5.77. The van der Waals surface area contributed by atoms with E-state index in [-0.39, 0.29) is 11.4 Å². The molecule has 0 bridgehead atoms. The van der Waals surface area contributed by atoms with Crippen LogP contribution in [0.25, 0.3) is 0 Å². The molecule has 0 saturated heterocycles. The molecule has 1 rings (SSSR count). The van der Waals surface area contributed by atoms with E-state index in [1.54, 1.807) is 13.8 Å². The van der Waals surface area contributed by atoms with E-state index in [0.717, 1.165) is 5.56 Å². The number of hydrogen-bond donors (Lipinski definition) is 2. The molecule has 1 aromatic heterocycles. The Labute approximate surface area is 120 Å². The summed E-state index contributed by atoms with van der Waals surface area (Å²) in [7, 11) is 0. The lowest BCUT2D eigenvalue weighted by Gasteiger charge is -2.21. The number of esters is 1. The van der Waals surface area contributed by atoms with Gasteiger partial charge in [-0.05, 0) is 20.8 Å². The summed E-state index contributed by atoms with van der Waals surface area (Å²) in [4.78, 5) is 20.4. The predicted molar refractivity (Wildman–Crippen MR) is 79.6 cm³/mol. The molecular weight excluding hydrogens is 256 g/mol. The third-order valence-corrected chi connectivity index (χ3v) is 2.85. The standard InChI is InChI=1S/C14H24N4O2/c1-7-20-12(19)9(3)16-11-8(2)10(15)17-13(18-11)14(4,5)6/h9H,7H2,1-6H3,(H3,15,16,17,18). The van der Waals surface area contributed by atoms with Crippen LogP contribution in [0.1, 0.15) is 46.0 Å². The molecule has 0 fully saturated rings. The summed E-state index contributed by atoms with van der Waals surface area (Å²) in [6.07, 6.45) is 0. The number of nitrogens with one attached hydrogen (secondary N) is 1. The summed E-state index contributed by atoms with van der Waals surface area (Å²) in [5, 5.41) is 3.04. The van der Waals surface area contributed by atoms with Gasteiger partial charge in [-0.2, -0.15) is 0 Å². The van der Waals surface area contributed by atoms with E-state index in [4.69, 9.17) is 10.5 Å². The average molecular weight is 280 g/mol. The van der Waals surface area contributed by atoms with E-state index in [0.29, 0.717) is 24.1 Å². The largest absolute Gasteiger partial charge is 0.464 e. The number of carbonyl (C=O) groups excluding carboxylic acids is 1. The van der Waals surface area contributed by atoms with E-state index in [1.165, 1.54) is 0 Å². The van der Waals surface area contributed by atoms with Crippen LogP contribution in [0.4, 0.5) is 11.6 Å². The molecule has 3 N–H and O–H groups in total. The number of rotatable bonds is 4. The van der Waals surface area contributed by atoms with Crippen molar-refractivity contribution >= 4 is 17.6 Å². The number of hydrogen-bond acceptors (Lipinski definition) is 6. The molecule has 0 amide bonds. The van der Waals surface area contributed by atoms with Crippen LogP contribution in [0.2, 0.25) is 0 Å². The molecule has 0 aromatic carbocycles. The summed E-state index contributed by atoms with van der Waals surface area (Å²) in [6, 6.07) is -0.490. The van der Waals surface area contributed by atoms with Gasteiger partial charge in [0.2, 0.25) is 0 Å². The number of nitrogens with two attached hydrogens (primary N) is 1. The first-order valence-corrected chi connectivity index (χ1v) is 6.74. The Morgan fingerprint density at radius 1 is 1.40 bits per heavy atom. The number of nitrogens with zero attached hydrogens (tertiary/aromatic N) is 2. The van der Waals surface area contributed by atoms with Crippen molar-refractivity contribution in [1.29, 1.82) is 0 Å². The molecule has 1 atom stereocenters. The third kappa shape index (κ3) is 3.82. The van der Waals surface area contributed by atoms with Crippen LogP contribution in [-0.2, 0) is 14.9 Å². The molecule has 1 unspecified atom stereocenters. The molecule has 0 radical (unpaired) electrons. The second kappa shape index (κ2) is 6.07. The van der Waals surface area contributed by atoms with Gasteiger partial charge >= 0.3 is 5.97 Å².